The lowest BCUT2D eigenvalue weighted by Crippen LogP contribution is -2.20. The van der Waals surface area contributed by atoms with E-state index in [1.165, 1.54) is 0 Å². The molecule has 1 saturated carbocycles. The minimum absolute atomic E-state index is 0.0312. The third kappa shape index (κ3) is 1.38. The highest BCUT2D eigenvalue weighted by Gasteiger charge is 2.20. The number of halogens is 1. The Hall–Kier alpha value is 0.280. The summed E-state index contributed by atoms with van der Waals surface area (Å²) in [6.45, 7) is 0. The van der Waals surface area contributed by atoms with E-state index in [-0.39, 0.29) is 5.25 Å². The lowest BCUT2D eigenvalue weighted by molar-refractivity contribution is 0.261. The second kappa shape index (κ2) is 2.72. The van der Waals surface area contributed by atoms with Crippen LogP contribution >= 0.6 is 12.6 Å². The van der Waals surface area contributed by atoms with Crippen LogP contribution < -0.4 is 0 Å². The highest BCUT2D eigenvalue weighted by molar-refractivity contribution is 7.81. The van der Waals surface area contributed by atoms with Crippen LogP contribution in [0.2, 0.25) is 0 Å². The fourth-order valence-corrected chi connectivity index (χ4v) is 1.40. The minimum atomic E-state index is -0.632. The molecule has 48 valence electrons. The Labute approximate surface area is 54.9 Å². The van der Waals surface area contributed by atoms with Crippen molar-refractivity contribution in [2.45, 2.75) is 37.1 Å². The van der Waals surface area contributed by atoms with E-state index < -0.39 is 6.17 Å². The van der Waals surface area contributed by atoms with Crippen molar-refractivity contribution in [1.82, 2.24) is 0 Å². The van der Waals surface area contributed by atoms with Crippen LogP contribution in [0.3, 0.4) is 0 Å². The van der Waals surface area contributed by atoms with E-state index in [2.05, 4.69) is 12.6 Å². The van der Waals surface area contributed by atoms with Gasteiger partial charge in [0.15, 0.2) is 0 Å². The van der Waals surface area contributed by atoms with Gasteiger partial charge in [-0.2, -0.15) is 12.6 Å². The minimum Gasteiger partial charge on any atom is -0.246 e. The molecule has 8 heavy (non-hydrogen) atoms. The van der Waals surface area contributed by atoms with Gasteiger partial charge in [0.1, 0.15) is 6.17 Å². The first-order chi connectivity index (χ1) is 3.80. The smallest absolute Gasteiger partial charge is 0.112 e. The van der Waals surface area contributed by atoms with Gasteiger partial charge < -0.3 is 0 Å². The molecule has 1 rings (SSSR count). The Bertz CT molecular complexity index is 64.9. The van der Waals surface area contributed by atoms with Gasteiger partial charge in [-0.1, -0.05) is 12.8 Å². The third-order valence-corrected chi connectivity index (χ3v) is 2.23. The molecular weight excluding hydrogens is 123 g/mol. The molecule has 0 aromatic heterocycles. The second-order valence-corrected chi connectivity index (χ2v) is 3.03. The molecule has 0 amide bonds. The van der Waals surface area contributed by atoms with E-state index in [1.54, 1.807) is 0 Å². The van der Waals surface area contributed by atoms with Crippen LogP contribution in [-0.2, 0) is 0 Å². The van der Waals surface area contributed by atoms with Crippen molar-refractivity contribution in [2.75, 3.05) is 0 Å². The Kier molecular flexibility index (Phi) is 2.17. The van der Waals surface area contributed by atoms with E-state index in [0.717, 1.165) is 25.7 Å². The van der Waals surface area contributed by atoms with Crippen LogP contribution in [0, 0.1) is 0 Å². The molecule has 0 nitrogen and oxygen atoms in total. The number of alkyl halides is 1. The molecule has 0 radical (unpaired) electrons. The van der Waals surface area contributed by atoms with Gasteiger partial charge in [0.2, 0.25) is 0 Å². The number of hydrogen-bond donors (Lipinski definition) is 1. The van der Waals surface area contributed by atoms with Gasteiger partial charge in [-0.25, -0.2) is 4.39 Å². The zero-order valence-electron chi connectivity index (χ0n) is 4.81. The molecule has 0 aromatic rings. The average molecular weight is 134 g/mol. The van der Waals surface area contributed by atoms with Crippen molar-refractivity contribution in [2.24, 2.45) is 0 Å². The molecule has 1 fully saturated rings. The zero-order valence-corrected chi connectivity index (χ0v) is 5.70. The first-order valence-corrected chi connectivity index (χ1v) is 3.64. The normalized spacial score (nSPS) is 39.8. The molecule has 0 aromatic carbocycles. The summed E-state index contributed by atoms with van der Waals surface area (Å²) in [5, 5.41) is 0.0312. The topological polar surface area (TPSA) is 0 Å². The van der Waals surface area contributed by atoms with E-state index in [0.29, 0.717) is 0 Å². The molecule has 0 saturated heterocycles. The monoisotopic (exact) mass is 134 g/mol. The molecule has 2 atom stereocenters. The third-order valence-electron chi connectivity index (χ3n) is 1.65. The maximum Gasteiger partial charge on any atom is 0.112 e. The van der Waals surface area contributed by atoms with Crippen LogP contribution in [0.5, 0.6) is 0 Å². The van der Waals surface area contributed by atoms with Gasteiger partial charge in [-0.05, 0) is 12.8 Å². The van der Waals surface area contributed by atoms with Crippen LogP contribution in [0.25, 0.3) is 0 Å². The van der Waals surface area contributed by atoms with Crippen molar-refractivity contribution in [3.8, 4) is 0 Å². The summed E-state index contributed by atoms with van der Waals surface area (Å²) in [6.07, 6.45) is 3.28. The quantitative estimate of drug-likeness (QED) is 0.482. The molecule has 0 N–H and O–H groups in total. The molecule has 0 aliphatic heterocycles. The van der Waals surface area contributed by atoms with E-state index in [4.69, 9.17) is 0 Å². The maximum atomic E-state index is 12.5. The molecule has 1 aliphatic rings. The highest BCUT2D eigenvalue weighted by atomic mass is 32.1. The first-order valence-electron chi connectivity index (χ1n) is 3.13. The van der Waals surface area contributed by atoms with Gasteiger partial charge in [0.25, 0.3) is 0 Å². The predicted molar refractivity (Wildman–Crippen MR) is 36.1 cm³/mol. The molecule has 0 unspecified atom stereocenters. The fourth-order valence-electron chi connectivity index (χ4n) is 1.07. The molecular formula is C6H11FS. The van der Waals surface area contributed by atoms with Gasteiger partial charge in [-0.3, -0.25) is 0 Å². The molecule has 0 heterocycles. The van der Waals surface area contributed by atoms with Crippen LogP contribution in [0.1, 0.15) is 25.7 Å². The van der Waals surface area contributed by atoms with Crippen molar-refractivity contribution < 1.29 is 4.39 Å². The van der Waals surface area contributed by atoms with Crippen LogP contribution in [0.4, 0.5) is 4.39 Å². The molecule has 1 aliphatic carbocycles. The molecule has 0 bridgehead atoms. The lowest BCUT2D eigenvalue weighted by atomic mass is 9.98. The largest absolute Gasteiger partial charge is 0.246 e. The van der Waals surface area contributed by atoms with Crippen molar-refractivity contribution in [1.29, 1.82) is 0 Å². The maximum absolute atomic E-state index is 12.5. The standard InChI is InChI=1S/C6H11FS/c7-5-3-1-2-4-6(5)8/h5-6,8H,1-4H2/t5-,6-/m0/s1. The van der Waals surface area contributed by atoms with Crippen molar-refractivity contribution >= 4 is 12.6 Å². The summed E-state index contributed by atoms with van der Waals surface area (Å²) in [4.78, 5) is 0. The van der Waals surface area contributed by atoms with Crippen LogP contribution in [0.15, 0.2) is 0 Å². The molecule has 0 spiro atoms. The van der Waals surface area contributed by atoms with Gasteiger partial charge in [0, 0.05) is 5.25 Å². The summed E-state index contributed by atoms with van der Waals surface area (Å²) in [5.74, 6) is 0. The van der Waals surface area contributed by atoms with Gasteiger partial charge in [0.05, 0.1) is 0 Å². The first kappa shape index (κ1) is 6.40. The highest BCUT2D eigenvalue weighted by Crippen LogP contribution is 2.24. The van der Waals surface area contributed by atoms with Crippen LogP contribution in [-0.4, -0.2) is 11.4 Å². The zero-order chi connectivity index (χ0) is 5.98. The number of rotatable bonds is 0. The van der Waals surface area contributed by atoms with E-state index in [9.17, 15) is 4.39 Å². The summed E-state index contributed by atoms with van der Waals surface area (Å²) in [5.41, 5.74) is 0. The summed E-state index contributed by atoms with van der Waals surface area (Å²) < 4.78 is 12.5. The average Bonchev–Trinajstić information content (AvgIpc) is 1.77. The SMILES string of the molecule is F[C@H]1CCCC[C@@H]1S. The fraction of sp³-hybridized carbons (Fsp3) is 1.00. The Morgan fingerprint density at radius 2 is 1.88 bits per heavy atom. The molecule has 2 heteroatoms. The Morgan fingerprint density at radius 3 is 2.25 bits per heavy atom. The summed E-state index contributed by atoms with van der Waals surface area (Å²) in [6, 6.07) is 0. The summed E-state index contributed by atoms with van der Waals surface area (Å²) in [7, 11) is 0. The number of hydrogen-bond acceptors (Lipinski definition) is 1. The van der Waals surface area contributed by atoms with E-state index in [1.807, 2.05) is 0 Å². The Balaban J connectivity index is 2.28. The number of thiol groups is 1. The second-order valence-electron chi connectivity index (χ2n) is 2.37. The van der Waals surface area contributed by atoms with Crippen molar-refractivity contribution in [3.63, 3.8) is 0 Å². The summed E-state index contributed by atoms with van der Waals surface area (Å²) >= 11 is 4.08. The Morgan fingerprint density at radius 1 is 1.25 bits per heavy atom. The predicted octanol–water partition coefficient (Wildman–Crippen LogP) is 2.20. The van der Waals surface area contributed by atoms with Crippen molar-refractivity contribution in [3.05, 3.63) is 0 Å². The van der Waals surface area contributed by atoms with Gasteiger partial charge >= 0.3 is 0 Å². The van der Waals surface area contributed by atoms with Gasteiger partial charge in [-0.15, -0.1) is 0 Å². The van der Waals surface area contributed by atoms with E-state index >= 15 is 0 Å². The lowest BCUT2D eigenvalue weighted by Gasteiger charge is -2.20.